The van der Waals surface area contributed by atoms with Gasteiger partial charge < -0.3 is 4.74 Å². The van der Waals surface area contributed by atoms with E-state index in [0.717, 1.165) is 18.5 Å². The molecule has 0 radical (unpaired) electrons. The average Bonchev–Trinajstić information content (AvgIpc) is 2.75. The van der Waals surface area contributed by atoms with Gasteiger partial charge in [0.1, 0.15) is 0 Å². The van der Waals surface area contributed by atoms with Crippen LogP contribution in [0.25, 0.3) is 0 Å². The summed E-state index contributed by atoms with van der Waals surface area (Å²) in [4.78, 5) is 16.6. The molecule has 20 heavy (non-hydrogen) atoms. The highest BCUT2D eigenvalue weighted by molar-refractivity contribution is 5.81. The molecule has 4 nitrogen and oxygen atoms in total. The van der Waals surface area contributed by atoms with Crippen LogP contribution in [-0.2, 0) is 15.1 Å². The van der Waals surface area contributed by atoms with Crippen molar-refractivity contribution in [1.29, 1.82) is 0 Å². The SMILES string of the molecule is COC(=O)C(C)(NC1CCCCCC1)c1ccccn1. The number of pyridine rings is 1. The van der Waals surface area contributed by atoms with Gasteiger partial charge in [-0.1, -0.05) is 31.7 Å². The molecule has 110 valence electrons. The lowest BCUT2D eigenvalue weighted by Crippen LogP contribution is -2.52. The third-order valence-electron chi connectivity index (χ3n) is 4.12. The number of ether oxygens (including phenoxy) is 1. The Balaban J connectivity index is 2.21. The maximum absolute atomic E-state index is 12.3. The lowest BCUT2D eigenvalue weighted by Gasteiger charge is -2.32. The van der Waals surface area contributed by atoms with Gasteiger partial charge in [-0.25, -0.2) is 4.79 Å². The van der Waals surface area contributed by atoms with Crippen molar-refractivity contribution in [3.8, 4) is 0 Å². The largest absolute Gasteiger partial charge is 0.467 e. The van der Waals surface area contributed by atoms with Gasteiger partial charge in [0.05, 0.1) is 12.8 Å². The lowest BCUT2D eigenvalue weighted by molar-refractivity contribution is -0.149. The van der Waals surface area contributed by atoms with Gasteiger partial charge in [0.25, 0.3) is 0 Å². The molecular weight excluding hydrogens is 252 g/mol. The fourth-order valence-corrected chi connectivity index (χ4v) is 2.93. The van der Waals surface area contributed by atoms with Crippen LogP contribution >= 0.6 is 0 Å². The summed E-state index contributed by atoms with van der Waals surface area (Å²) in [5.74, 6) is -0.277. The molecule has 0 aromatic carbocycles. The quantitative estimate of drug-likeness (QED) is 0.678. The molecule has 2 rings (SSSR count). The Morgan fingerprint density at radius 3 is 2.55 bits per heavy atom. The third-order valence-corrected chi connectivity index (χ3v) is 4.12. The smallest absolute Gasteiger partial charge is 0.332 e. The van der Waals surface area contributed by atoms with Gasteiger partial charge in [-0.05, 0) is 31.9 Å². The molecule has 0 spiro atoms. The summed E-state index contributed by atoms with van der Waals surface area (Å²) >= 11 is 0. The van der Waals surface area contributed by atoms with Crippen molar-refractivity contribution in [2.75, 3.05) is 7.11 Å². The molecule has 1 N–H and O–H groups in total. The molecule has 1 aromatic rings. The van der Waals surface area contributed by atoms with Gasteiger partial charge in [0.15, 0.2) is 5.54 Å². The highest BCUT2D eigenvalue weighted by atomic mass is 16.5. The van der Waals surface area contributed by atoms with E-state index in [0.29, 0.717) is 6.04 Å². The minimum Gasteiger partial charge on any atom is -0.467 e. The molecule has 1 heterocycles. The minimum absolute atomic E-state index is 0.277. The Kier molecular flexibility index (Phi) is 5.12. The molecule has 1 aliphatic carbocycles. The number of nitrogens with zero attached hydrogens (tertiary/aromatic N) is 1. The van der Waals surface area contributed by atoms with Gasteiger partial charge in [-0.3, -0.25) is 10.3 Å². The zero-order chi connectivity index (χ0) is 14.4. The van der Waals surface area contributed by atoms with E-state index in [9.17, 15) is 4.79 Å². The van der Waals surface area contributed by atoms with Crippen LogP contribution in [-0.4, -0.2) is 24.1 Å². The summed E-state index contributed by atoms with van der Waals surface area (Å²) < 4.78 is 5.00. The van der Waals surface area contributed by atoms with E-state index < -0.39 is 5.54 Å². The Morgan fingerprint density at radius 2 is 2.00 bits per heavy atom. The molecule has 1 aliphatic rings. The fourth-order valence-electron chi connectivity index (χ4n) is 2.93. The predicted molar refractivity (Wildman–Crippen MR) is 78.2 cm³/mol. The number of hydrogen-bond acceptors (Lipinski definition) is 4. The average molecular weight is 276 g/mol. The second-order valence-electron chi connectivity index (χ2n) is 5.66. The van der Waals surface area contributed by atoms with Crippen molar-refractivity contribution in [1.82, 2.24) is 10.3 Å². The molecule has 0 aliphatic heterocycles. The van der Waals surface area contributed by atoms with E-state index in [1.54, 1.807) is 6.20 Å². The Bertz CT molecular complexity index is 427. The van der Waals surface area contributed by atoms with Crippen LogP contribution in [0.15, 0.2) is 24.4 Å². The number of esters is 1. The number of carbonyl (C=O) groups is 1. The van der Waals surface area contributed by atoms with Crippen molar-refractivity contribution in [2.45, 2.75) is 57.0 Å². The summed E-state index contributed by atoms with van der Waals surface area (Å²) in [6.07, 6.45) is 8.95. The highest BCUT2D eigenvalue weighted by Gasteiger charge is 2.39. The Labute approximate surface area is 120 Å². The van der Waals surface area contributed by atoms with E-state index >= 15 is 0 Å². The molecule has 0 bridgehead atoms. The molecule has 1 fully saturated rings. The van der Waals surface area contributed by atoms with Crippen LogP contribution < -0.4 is 5.32 Å². The Hall–Kier alpha value is -1.42. The van der Waals surface area contributed by atoms with Crippen molar-refractivity contribution in [3.63, 3.8) is 0 Å². The second-order valence-corrected chi connectivity index (χ2v) is 5.66. The first-order valence-corrected chi connectivity index (χ1v) is 7.44. The molecule has 1 saturated carbocycles. The number of nitrogens with one attached hydrogen (secondary N) is 1. The van der Waals surface area contributed by atoms with Gasteiger partial charge in [0, 0.05) is 12.2 Å². The molecular formula is C16H24N2O2. The van der Waals surface area contributed by atoms with Crippen LogP contribution in [0.2, 0.25) is 0 Å². The lowest BCUT2D eigenvalue weighted by atomic mass is 9.94. The highest BCUT2D eigenvalue weighted by Crippen LogP contribution is 2.25. The number of carbonyl (C=O) groups excluding carboxylic acids is 1. The van der Waals surface area contributed by atoms with E-state index in [2.05, 4.69) is 10.3 Å². The standard InChI is InChI=1S/C16H24N2O2/c1-16(15(19)20-2,14-11-7-8-12-17-14)18-13-9-5-3-4-6-10-13/h7-8,11-13,18H,3-6,9-10H2,1-2H3. The molecule has 4 heteroatoms. The monoisotopic (exact) mass is 276 g/mol. The zero-order valence-corrected chi connectivity index (χ0v) is 12.4. The summed E-state index contributed by atoms with van der Waals surface area (Å²) in [6.45, 7) is 1.87. The van der Waals surface area contributed by atoms with Crippen molar-refractivity contribution >= 4 is 5.97 Å². The molecule has 1 atom stereocenters. The van der Waals surface area contributed by atoms with Crippen molar-refractivity contribution in [2.24, 2.45) is 0 Å². The van der Waals surface area contributed by atoms with E-state index in [1.165, 1.54) is 32.8 Å². The first-order chi connectivity index (χ1) is 9.66. The summed E-state index contributed by atoms with van der Waals surface area (Å²) in [7, 11) is 1.43. The normalized spacial score (nSPS) is 19.9. The van der Waals surface area contributed by atoms with Gasteiger partial charge in [-0.15, -0.1) is 0 Å². The Morgan fingerprint density at radius 1 is 1.30 bits per heavy atom. The van der Waals surface area contributed by atoms with Crippen molar-refractivity contribution in [3.05, 3.63) is 30.1 Å². The number of methoxy groups -OCH3 is 1. The second kappa shape index (κ2) is 6.84. The number of hydrogen-bond donors (Lipinski definition) is 1. The zero-order valence-electron chi connectivity index (χ0n) is 12.4. The van der Waals surface area contributed by atoms with Gasteiger partial charge >= 0.3 is 5.97 Å². The van der Waals surface area contributed by atoms with Crippen molar-refractivity contribution < 1.29 is 9.53 Å². The predicted octanol–water partition coefficient (Wildman–Crippen LogP) is 2.78. The summed E-state index contributed by atoms with van der Waals surface area (Å²) in [6, 6.07) is 5.98. The van der Waals surface area contributed by atoms with Crippen LogP contribution in [0, 0.1) is 0 Å². The molecule has 0 amide bonds. The first-order valence-electron chi connectivity index (χ1n) is 7.44. The maximum Gasteiger partial charge on any atom is 0.332 e. The fraction of sp³-hybridized carbons (Fsp3) is 0.625. The molecule has 1 aromatic heterocycles. The molecule has 1 unspecified atom stereocenters. The van der Waals surface area contributed by atoms with E-state index in [-0.39, 0.29) is 5.97 Å². The van der Waals surface area contributed by atoms with Crippen LogP contribution in [0.3, 0.4) is 0 Å². The molecule has 0 saturated heterocycles. The van der Waals surface area contributed by atoms with E-state index in [1.807, 2.05) is 25.1 Å². The van der Waals surface area contributed by atoms with E-state index in [4.69, 9.17) is 4.74 Å². The topological polar surface area (TPSA) is 51.2 Å². The number of aromatic nitrogens is 1. The number of rotatable bonds is 4. The van der Waals surface area contributed by atoms with Crippen LogP contribution in [0.5, 0.6) is 0 Å². The first kappa shape index (κ1) is 15.0. The van der Waals surface area contributed by atoms with Gasteiger partial charge in [-0.2, -0.15) is 0 Å². The summed E-state index contributed by atoms with van der Waals surface area (Å²) in [5.41, 5.74) is -0.151. The van der Waals surface area contributed by atoms with Gasteiger partial charge in [0.2, 0.25) is 0 Å². The van der Waals surface area contributed by atoms with Crippen LogP contribution in [0.1, 0.15) is 51.1 Å². The maximum atomic E-state index is 12.3. The minimum atomic E-state index is -0.870. The van der Waals surface area contributed by atoms with Crippen LogP contribution in [0.4, 0.5) is 0 Å². The summed E-state index contributed by atoms with van der Waals surface area (Å²) in [5, 5.41) is 3.50. The third kappa shape index (κ3) is 3.37.